The van der Waals surface area contributed by atoms with Crippen LogP contribution in [0.2, 0.25) is 10.0 Å². The Hall–Kier alpha value is -3.28. The van der Waals surface area contributed by atoms with Crippen LogP contribution in [0.15, 0.2) is 75.9 Å². The molecule has 156 valence electrons. The number of carbonyl (C=O) groups excluding carboxylic acids is 1. The number of nitrogens with one attached hydrogen (secondary N) is 1. The molecule has 0 aliphatic heterocycles. The average Bonchev–Trinajstić information content (AvgIpc) is 2.73. The van der Waals surface area contributed by atoms with E-state index in [1.54, 1.807) is 31.2 Å². The van der Waals surface area contributed by atoms with Gasteiger partial charge in [0.15, 0.2) is 6.61 Å². The number of hydrogen-bond donors (Lipinski definition) is 1. The van der Waals surface area contributed by atoms with Crippen LogP contribution in [-0.2, 0) is 4.79 Å². The van der Waals surface area contributed by atoms with Crippen molar-refractivity contribution in [3.63, 3.8) is 0 Å². The number of aryl methyl sites for hydroxylation is 1. The van der Waals surface area contributed by atoms with E-state index in [1.807, 2.05) is 36.4 Å². The summed E-state index contributed by atoms with van der Waals surface area (Å²) in [6.07, 6.45) is 0. The number of halogens is 2. The second kappa shape index (κ2) is 8.84. The molecule has 1 aromatic heterocycles. The van der Waals surface area contributed by atoms with Crippen LogP contribution >= 0.6 is 23.2 Å². The topological polar surface area (TPSA) is 68.5 Å². The van der Waals surface area contributed by atoms with E-state index in [0.717, 1.165) is 16.5 Å². The summed E-state index contributed by atoms with van der Waals surface area (Å²) < 4.78 is 11.1. The van der Waals surface area contributed by atoms with Crippen LogP contribution in [-0.4, -0.2) is 12.5 Å². The molecule has 0 radical (unpaired) electrons. The summed E-state index contributed by atoms with van der Waals surface area (Å²) in [7, 11) is 0. The van der Waals surface area contributed by atoms with Crippen LogP contribution in [0.3, 0.4) is 0 Å². The Bertz CT molecular complexity index is 1310. The Morgan fingerprint density at radius 3 is 2.42 bits per heavy atom. The number of anilines is 1. The van der Waals surface area contributed by atoms with Gasteiger partial charge in [0.2, 0.25) is 0 Å². The molecule has 0 saturated heterocycles. The maximum absolute atomic E-state index is 12.3. The number of hydrogen-bond acceptors (Lipinski definition) is 4. The molecule has 0 saturated carbocycles. The van der Waals surface area contributed by atoms with Gasteiger partial charge in [-0.15, -0.1) is 0 Å². The molecule has 0 aliphatic rings. The Kier molecular flexibility index (Phi) is 5.98. The highest BCUT2D eigenvalue weighted by atomic mass is 35.5. The van der Waals surface area contributed by atoms with Gasteiger partial charge < -0.3 is 14.5 Å². The Balaban J connectivity index is 1.58. The molecule has 0 fully saturated rings. The maximum Gasteiger partial charge on any atom is 0.336 e. The fourth-order valence-corrected chi connectivity index (χ4v) is 3.85. The molecule has 0 atom stereocenters. The number of rotatable bonds is 5. The number of fused-ring (bicyclic) bond motifs is 1. The van der Waals surface area contributed by atoms with E-state index in [2.05, 4.69) is 5.32 Å². The highest BCUT2D eigenvalue weighted by Gasteiger charge is 2.14. The van der Waals surface area contributed by atoms with Gasteiger partial charge in [-0.25, -0.2) is 4.79 Å². The van der Waals surface area contributed by atoms with E-state index in [-0.39, 0.29) is 12.5 Å². The van der Waals surface area contributed by atoms with Gasteiger partial charge in [0.1, 0.15) is 11.3 Å². The molecule has 1 N–H and O–H groups in total. The highest BCUT2D eigenvalue weighted by Crippen LogP contribution is 2.33. The Morgan fingerprint density at radius 1 is 1.00 bits per heavy atom. The molecule has 3 aromatic carbocycles. The van der Waals surface area contributed by atoms with Crippen molar-refractivity contribution >= 4 is 45.8 Å². The van der Waals surface area contributed by atoms with Crippen molar-refractivity contribution < 1.29 is 13.9 Å². The normalized spacial score (nSPS) is 10.8. The third kappa shape index (κ3) is 4.74. The van der Waals surface area contributed by atoms with Gasteiger partial charge >= 0.3 is 5.63 Å². The maximum atomic E-state index is 12.3. The lowest BCUT2D eigenvalue weighted by Gasteiger charge is -2.13. The first kappa shape index (κ1) is 21.0. The quantitative estimate of drug-likeness (QED) is 0.371. The molecule has 31 heavy (non-hydrogen) atoms. The van der Waals surface area contributed by atoms with Crippen LogP contribution in [0, 0.1) is 6.92 Å². The largest absolute Gasteiger partial charge is 0.483 e. The lowest BCUT2D eigenvalue weighted by molar-refractivity contribution is -0.118. The van der Waals surface area contributed by atoms with Gasteiger partial charge in [0, 0.05) is 32.7 Å². The van der Waals surface area contributed by atoms with Crippen molar-refractivity contribution in [3.05, 3.63) is 92.8 Å². The molecule has 5 nitrogen and oxygen atoms in total. The fraction of sp³-hybridized carbons (Fsp3) is 0.0833. The predicted octanol–water partition coefficient (Wildman–Crippen LogP) is 6.09. The average molecular weight is 454 g/mol. The van der Waals surface area contributed by atoms with Gasteiger partial charge in [0.05, 0.1) is 0 Å². The first-order valence-electron chi connectivity index (χ1n) is 9.42. The van der Waals surface area contributed by atoms with Gasteiger partial charge in [-0.1, -0.05) is 53.5 Å². The van der Waals surface area contributed by atoms with Crippen LogP contribution in [0.1, 0.15) is 5.56 Å². The molecule has 0 aliphatic carbocycles. The minimum Gasteiger partial charge on any atom is -0.483 e. The minimum atomic E-state index is -0.456. The zero-order valence-corrected chi connectivity index (χ0v) is 18.0. The number of ether oxygens (including phenoxy) is 1. The Morgan fingerprint density at radius 2 is 1.71 bits per heavy atom. The van der Waals surface area contributed by atoms with E-state index in [4.69, 9.17) is 32.4 Å². The van der Waals surface area contributed by atoms with Gasteiger partial charge in [-0.05, 0) is 48.4 Å². The second-order valence-corrected chi connectivity index (χ2v) is 7.78. The van der Waals surface area contributed by atoms with Gasteiger partial charge in [-0.3, -0.25) is 4.79 Å². The van der Waals surface area contributed by atoms with Crippen molar-refractivity contribution in [2.24, 2.45) is 0 Å². The molecule has 4 rings (SSSR count). The fourth-order valence-electron chi connectivity index (χ4n) is 3.32. The summed E-state index contributed by atoms with van der Waals surface area (Å²) in [4.78, 5) is 24.5. The standard InChI is InChI=1S/C24H17Cl2NO4/c1-14-21(30-13-22(28)27-18-10-16(25)9-17(26)11-18)8-7-19-20(12-23(29)31-24(14)19)15-5-3-2-4-6-15/h2-12H,13H2,1H3,(H,27,28). The zero-order chi connectivity index (χ0) is 22.0. The highest BCUT2D eigenvalue weighted by molar-refractivity contribution is 6.35. The van der Waals surface area contributed by atoms with Crippen molar-refractivity contribution in [2.45, 2.75) is 6.92 Å². The number of amides is 1. The van der Waals surface area contributed by atoms with E-state index < -0.39 is 5.63 Å². The molecule has 4 aromatic rings. The number of carbonyl (C=O) groups is 1. The first-order chi connectivity index (χ1) is 14.9. The monoisotopic (exact) mass is 453 g/mol. The van der Waals surface area contributed by atoms with Gasteiger partial charge in [-0.2, -0.15) is 0 Å². The number of benzene rings is 3. The molecule has 1 amide bonds. The lowest BCUT2D eigenvalue weighted by Crippen LogP contribution is -2.20. The third-order valence-corrected chi connectivity index (χ3v) is 5.14. The molecule has 0 spiro atoms. The van der Waals surface area contributed by atoms with Crippen molar-refractivity contribution in [1.29, 1.82) is 0 Å². The van der Waals surface area contributed by atoms with Crippen molar-refractivity contribution in [1.82, 2.24) is 0 Å². The smallest absolute Gasteiger partial charge is 0.336 e. The Labute approximate surface area is 188 Å². The van der Waals surface area contributed by atoms with Crippen molar-refractivity contribution in [3.8, 4) is 16.9 Å². The first-order valence-corrected chi connectivity index (χ1v) is 10.2. The van der Waals surface area contributed by atoms with Crippen LogP contribution in [0.25, 0.3) is 22.1 Å². The third-order valence-electron chi connectivity index (χ3n) is 4.70. The summed E-state index contributed by atoms with van der Waals surface area (Å²) in [6.45, 7) is 1.54. The van der Waals surface area contributed by atoms with E-state index in [1.165, 1.54) is 6.07 Å². The summed E-state index contributed by atoms with van der Waals surface area (Å²) in [6, 6.07) is 19.4. The van der Waals surface area contributed by atoms with Gasteiger partial charge in [0.25, 0.3) is 5.91 Å². The minimum absolute atomic E-state index is 0.237. The second-order valence-electron chi connectivity index (χ2n) is 6.91. The summed E-state index contributed by atoms with van der Waals surface area (Å²) in [5, 5.41) is 4.30. The van der Waals surface area contributed by atoms with E-state index in [9.17, 15) is 9.59 Å². The predicted molar refractivity (Wildman–Crippen MR) is 123 cm³/mol. The summed E-state index contributed by atoms with van der Waals surface area (Å²) in [5.74, 6) is 0.0671. The van der Waals surface area contributed by atoms with Crippen molar-refractivity contribution in [2.75, 3.05) is 11.9 Å². The summed E-state index contributed by atoms with van der Waals surface area (Å²) >= 11 is 11.9. The zero-order valence-electron chi connectivity index (χ0n) is 16.4. The molecular formula is C24H17Cl2NO4. The SMILES string of the molecule is Cc1c(OCC(=O)Nc2cc(Cl)cc(Cl)c2)ccc2c(-c3ccccc3)cc(=O)oc12. The van der Waals surface area contributed by atoms with Crippen LogP contribution in [0.4, 0.5) is 5.69 Å². The molecule has 0 unspecified atom stereocenters. The summed E-state index contributed by atoms with van der Waals surface area (Å²) in [5.41, 5.74) is 2.75. The van der Waals surface area contributed by atoms with E-state index in [0.29, 0.717) is 32.6 Å². The van der Waals surface area contributed by atoms with Crippen LogP contribution in [0.5, 0.6) is 5.75 Å². The molecule has 0 bridgehead atoms. The lowest BCUT2D eigenvalue weighted by atomic mass is 10.0. The van der Waals surface area contributed by atoms with Crippen LogP contribution < -0.4 is 15.7 Å². The molecule has 1 heterocycles. The molecular weight excluding hydrogens is 437 g/mol. The van der Waals surface area contributed by atoms with E-state index >= 15 is 0 Å². The molecule has 7 heteroatoms.